The number of ether oxygens (including phenoxy) is 2. The molecule has 2 aromatic rings. The van der Waals surface area contributed by atoms with Crippen LogP contribution in [0.15, 0.2) is 48.5 Å². The summed E-state index contributed by atoms with van der Waals surface area (Å²) in [6, 6.07) is 14.4. The Morgan fingerprint density at radius 1 is 1.15 bits per heavy atom. The lowest BCUT2D eigenvalue weighted by Crippen LogP contribution is -2.33. The fourth-order valence-electron chi connectivity index (χ4n) is 2.63. The Hall–Kier alpha value is -3.02. The number of rotatable bonds is 9. The van der Waals surface area contributed by atoms with Crippen LogP contribution in [0.5, 0.6) is 11.5 Å². The molecule has 138 valence electrons. The molecule has 0 aliphatic rings. The van der Waals surface area contributed by atoms with Gasteiger partial charge in [-0.05, 0) is 24.1 Å². The van der Waals surface area contributed by atoms with E-state index >= 15 is 0 Å². The van der Waals surface area contributed by atoms with Gasteiger partial charge < -0.3 is 20.5 Å². The molecule has 2 rings (SSSR count). The summed E-state index contributed by atoms with van der Waals surface area (Å²) < 4.78 is 10.6. The minimum atomic E-state index is -0.629. The number of hydrogen-bond donors (Lipinski definition) is 2. The topological polar surface area (TPSA) is 90.7 Å². The monoisotopic (exact) mass is 356 g/mol. The highest BCUT2D eigenvalue weighted by Gasteiger charge is 2.16. The second-order valence-electron chi connectivity index (χ2n) is 5.83. The van der Waals surface area contributed by atoms with E-state index in [-0.39, 0.29) is 29.9 Å². The maximum Gasteiger partial charge on any atom is 0.258 e. The molecule has 0 aliphatic heterocycles. The predicted octanol–water partition coefficient (Wildman–Crippen LogP) is 2.83. The minimum Gasteiger partial charge on any atom is -0.497 e. The van der Waals surface area contributed by atoms with Crippen LogP contribution in [0.3, 0.4) is 0 Å². The van der Waals surface area contributed by atoms with Gasteiger partial charge in [-0.1, -0.05) is 43.7 Å². The van der Waals surface area contributed by atoms with Crippen LogP contribution in [-0.4, -0.2) is 25.5 Å². The molecule has 0 bridgehead atoms. The summed E-state index contributed by atoms with van der Waals surface area (Å²) in [5, 5.41) is 2.97. The molecule has 6 nitrogen and oxygen atoms in total. The highest BCUT2D eigenvalue weighted by molar-refractivity contribution is 5.96. The first kappa shape index (κ1) is 19.3. The third-order valence-corrected chi connectivity index (χ3v) is 3.93. The van der Waals surface area contributed by atoms with E-state index in [9.17, 15) is 9.59 Å². The summed E-state index contributed by atoms with van der Waals surface area (Å²) in [5.41, 5.74) is 6.59. The van der Waals surface area contributed by atoms with Gasteiger partial charge in [-0.25, -0.2) is 0 Å². The third kappa shape index (κ3) is 5.24. The van der Waals surface area contributed by atoms with Crippen molar-refractivity contribution in [3.05, 3.63) is 59.7 Å². The van der Waals surface area contributed by atoms with Crippen molar-refractivity contribution in [2.24, 2.45) is 5.73 Å². The van der Waals surface area contributed by atoms with Crippen molar-refractivity contribution in [3.8, 4) is 11.5 Å². The van der Waals surface area contributed by atoms with Gasteiger partial charge in [0.15, 0.2) is 6.61 Å². The predicted molar refractivity (Wildman–Crippen MR) is 99.2 cm³/mol. The SMILES string of the molecule is CCC[C@H](NC(=O)COc1cc(OC)ccc1C(N)=O)c1ccccc1. The van der Waals surface area contributed by atoms with Gasteiger partial charge in [0.05, 0.1) is 18.7 Å². The zero-order valence-electron chi connectivity index (χ0n) is 15.0. The van der Waals surface area contributed by atoms with Gasteiger partial charge in [0, 0.05) is 6.07 Å². The van der Waals surface area contributed by atoms with Gasteiger partial charge in [0.25, 0.3) is 11.8 Å². The summed E-state index contributed by atoms with van der Waals surface area (Å²) in [6.45, 7) is 1.84. The molecule has 26 heavy (non-hydrogen) atoms. The molecule has 0 saturated carbocycles. The Morgan fingerprint density at radius 2 is 1.88 bits per heavy atom. The molecule has 1 atom stereocenters. The van der Waals surface area contributed by atoms with Crippen molar-refractivity contribution in [1.29, 1.82) is 0 Å². The van der Waals surface area contributed by atoms with Crippen LogP contribution < -0.4 is 20.5 Å². The minimum absolute atomic E-state index is 0.0850. The average Bonchev–Trinajstić information content (AvgIpc) is 2.66. The average molecular weight is 356 g/mol. The summed E-state index contributed by atoms with van der Waals surface area (Å²) >= 11 is 0. The first-order valence-corrected chi connectivity index (χ1v) is 8.50. The zero-order chi connectivity index (χ0) is 18.9. The Balaban J connectivity index is 2.04. The van der Waals surface area contributed by atoms with E-state index in [4.69, 9.17) is 15.2 Å². The van der Waals surface area contributed by atoms with Gasteiger partial charge in [-0.3, -0.25) is 9.59 Å². The Morgan fingerprint density at radius 3 is 2.50 bits per heavy atom. The van der Waals surface area contributed by atoms with Gasteiger partial charge in [-0.15, -0.1) is 0 Å². The molecule has 0 spiro atoms. The number of amides is 2. The smallest absolute Gasteiger partial charge is 0.258 e. The molecule has 0 fully saturated rings. The largest absolute Gasteiger partial charge is 0.497 e. The summed E-state index contributed by atoms with van der Waals surface area (Å²) in [6.07, 6.45) is 1.75. The van der Waals surface area contributed by atoms with Crippen molar-refractivity contribution in [1.82, 2.24) is 5.32 Å². The molecule has 0 unspecified atom stereocenters. The second-order valence-corrected chi connectivity index (χ2v) is 5.83. The Labute approximate surface area is 153 Å². The third-order valence-electron chi connectivity index (χ3n) is 3.93. The van der Waals surface area contributed by atoms with Gasteiger partial charge in [-0.2, -0.15) is 0 Å². The number of carbonyl (C=O) groups excluding carboxylic acids is 2. The van der Waals surface area contributed by atoms with Crippen LogP contribution in [0.1, 0.15) is 41.7 Å². The molecule has 6 heteroatoms. The zero-order valence-corrected chi connectivity index (χ0v) is 15.0. The number of benzene rings is 2. The highest BCUT2D eigenvalue weighted by Crippen LogP contribution is 2.24. The van der Waals surface area contributed by atoms with E-state index in [2.05, 4.69) is 12.2 Å². The van der Waals surface area contributed by atoms with Crippen molar-refractivity contribution < 1.29 is 19.1 Å². The standard InChI is InChI=1S/C20H24N2O4/c1-3-7-17(14-8-5-4-6-9-14)22-19(23)13-26-18-12-15(25-2)10-11-16(18)20(21)24/h4-6,8-12,17H,3,7,13H2,1-2H3,(H2,21,24)(H,22,23)/t17-/m0/s1. The van der Waals surface area contributed by atoms with Crippen molar-refractivity contribution in [2.45, 2.75) is 25.8 Å². The Bertz CT molecular complexity index is 747. The maximum atomic E-state index is 12.3. The first-order chi connectivity index (χ1) is 12.5. The molecule has 0 aliphatic carbocycles. The highest BCUT2D eigenvalue weighted by atomic mass is 16.5. The molecule has 0 saturated heterocycles. The van der Waals surface area contributed by atoms with Gasteiger partial charge >= 0.3 is 0 Å². The summed E-state index contributed by atoms with van der Waals surface area (Å²) in [4.78, 5) is 23.8. The van der Waals surface area contributed by atoms with E-state index in [0.29, 0.717) is 5.75 Å². The van der Waals surface area contributed by atoms with Crippen LogP contribution in [0.2, 0.25) is 0 Å². The van der Waals surface area contributed by atoms with Crippen LogP contribution in [0.25, 0.3) is 0 Å². The molecule has 3 N–H and O–H groups in total. The van der Waals surface area contributed by atoms with Gasteiger partial charge in [0.2, 0.25) is 0 Å². The molecular formula is C20H24N2O4. The second kappa shape index (κ2) is 9.46. The molecule has 2 aromatic carbocycles. The lowest BCUT2D eigenvalue weighted by atomic mass is 10.0. The normalized spacial score (nSPS) is 11.5. The maximum absolute atomic E-state index is 12.3. The number of nitrogens with two attached hydrogens (primary N) is 1. The van der Waals surface area contributed by atoms with E-state index in [0.717, 1.165) is 18.4 Å². The van der Waals surface area contributed by atoms with E-state index in [1.54, 1.807) is 6.07 Å². The summed E-state index contributed by atoms with van der Waals surface area (Å²) in [5.74, 6) is -0.168. The fourth-order valence-corrected chi connectivity index (χ4v) is 2.63. The van der Waals surface area contributed by atoms with Crippen molar-refractivity contribution >= 4 is 11.8 Å². The molecular weight excluding hydrogens is 332 g/mol. The number of primary amides is 1. The van der Waals surface area contributed by atoms with Crippen LogP contribution in [0, 0.1) is 0 Å². The quantitative estimate of drug-likeness (QED) is 0.723. The van der Waals surface area contributed by atoms with E-state index in [1.807, 2.05) is 30.3 Å². The van der Waals surface area contributed by atoms with Gasteiger partial charge in [0.1, 0.15) is 11.5 Å². The number of nitrogens with one attached hydrogen (secondary N) is 1. The molecule has 0 aromatic heterocycles. The number of carbonyl (C=O) groups is 2. The van der Waals surface area contributed by atoms with E-state index in [1.165, 1.54) is 19.2 Å². The number of methoxy groups -OCH3 is 1. The van der Waals surface area contributed by atoms with Crippen LogP contribution >= 0.6 is 0 Å². The fraction of sp³-hybridized carbons (Fsp3) is 0.300. The Kier molecular flexibility index (Phi) is 7.02. The van der Waals surface area contributed by atoms with Crippen molar-refractivity contribution in [3.63, 3.8) is 0 Å². The lowest BCUT2D eigenvalue weighted by molar-refractivity contribution is -0.123. The molecule has 0 heterocycles. The number of hydrogen-bond acceptors (Lipinski definition) is 4. The van der Waals surface area contributed by atoms with Crippen molar-refractivity contribution in [2.75, 3.05) is 13.7 Å². The lowest BCUT2D eigenvalue weighted by Gasteiger charge is -2.19. The van der Waals surface area contributed by atoms with Crippen LogP contribution in [0.4, 0.5) is 0 Å². The van der Waals surface area contributed by atoms with E-state index < -0.39 is 5.91 Å². The van der Waals surface area contributed by atoms with Crippen LogP contribution in [-0.2, 0) is 4.79 Å². The molecule has 0 radical (unpaired) electrons. The first-order valence-electron chi connectivity index (χ1n) is 8.50. The molecule has 2 amide bonds. The summed E-state index contributed by atoms with van der Waals surface area (Å²) in [7, 11) is 1.50.